The fourth-order valence-corrected chi connectivity index (χ4v) is 4.53. The van der Waals surface area contributed by atoms with Crippen LogP contribution in [0.3, 0.4) is 0 Å². The van der Waals surface area contributed by atoms with Crippen LogP contribution in [0, 0.1) is 11.7 Å². The van der Waals surface area contributed by atoms with Gasteiger partial charge in [0.05, 0.1) is 24.7 Å². The molecule has 0 radical (unpaired) electrons. The number of aliphatic hydroxyl groups excluding tert-OH is 1. The molecular formula is C29H31FN2O5. The van der Waals surface area contributed by atoms with Crippen LogP contribution in [0.15, 0.2) is 78.9 Å². The number of β-lactam (4-membered cyclic amide) rings is 1. The first kappa shape index (κ1) is 26.3. The third-order valence-corrected chi connectivity index (χ3v) is 6.47. The molecule has 2 N–H and O–H groups in total. The van der Waals surface area contributed by atoms with Gasteiger partial charge in [0.2, 0.25) is 5.91 Å². The van der Waals surface area contributed by atoms with Crippen LogP contribution < -0.4 is 15.0 Å². The molecule has 4 rings (SSSR count). The number of hydrogen-bond donors (Lipinski definition) is 2. The summed E-state index contributed by atoms with van der Waals surface area (Å²) < 4.78 is 23.7. The van der Waals surface area contributed by atoms with Crippen molar-refractivity contribution in [3.05, 3.63) is 95.8 Å². The monoisotopic (exact) mass is 506 g/mol. The number of halogens is 1. The smallest absolute Gasteiger partial charge is 0.258 e. The van der Waals surface area contributed by atoms with Gasteiger partial charge < -0.3 is 24.8 Å². The lowest BCUT2D eigenvalue weighted by Gasteiger charge is -2.48. The van der Waals surface area contributed by atoms with E-state index in [1.807, 2.05) is 42.5 Å². The molecule has 1 heterocycles. The quantitative estimate of drug-likeness (QED) is 0.284. The van der Waals surface area contributed by atoms with E-state index in [1.54, 1.807) is 36.3 Å². The van der Waals surface area contributed by atoms with E-state index < -0.39 is 6.10 Å². The van der Waals surface area contributed by atoms with Crippen molar-refractivity contribution < 1.29 is 28.6 Å². The Morgan fingerprint density at radius 2 is 1.76 bits per heavy atom. The van der Waals surface area contributed by atoms with Crippen molar-refractivity contribution >= 4 is 17.5 Å². The minimum Gasteiger partial charge on any atom is -0.484 e. The van der Waals surface area contributed by atoms with E-state index in [0.29, 0.717) is 37.3 Å². The Balaban J connectivity index is 1.44. The summed E-state index contributed by atoms with van der Waals surface area (Å²) in [6.07, 6.45) is 0.0665. The van der Waals surface area contributed by atoms with Crippen molar-refractivity contribution in [2.45, 2.75) is 25.0 Å². The van der Waals surface area contributed by atoms with E-state index in [-0.39, 0.29) is 36.2 Å². The first-order valence-electron chi connectivity index (χ1n) is 12.3. The summed E-state index contributed by atoms with van der Waals surface area (Å²) in [5, 5.41) is 13.3. The molecule has 194 valence electrons. The number of rotatable bonds is 12. The van der Waals surface area contributed by atoms with Crippen molar-refractivity contribution in [1.82, 2.24) is 5.32 Å². The van der Waals surface area contributed by atoms with Gasteiger partial charge in [-0.1, -0.05) is 42.5 Å². The standard InChI is InChI=1S/C29H31FN2O5/c1-36-18-17-31-27(34)19-37-24-13-9-21(10-14-24)28-25(29(35)32(28)23-5-3-2-4-6-23)15-16-26(33)20-7-11-22(30)12-8-20/h2-14,25-26,28,33H,15-19H2,1H3,(H,31,34). The van der Waals surface area contributed by atoms with Gasteiger partial charge in [0.25, 0.3) is 5.91 Å². The second-order valence-corrected chi connectivity index (χ2v) is 8.94. The van der Waals surface area contributed by atoms with Crippen molar-refractivity contribution in [3.8, 4) is 5.75 Å². The van der Waals surface area contributed by atoms with E-state index in [2.05, 4.69) is 5.32 Å². The van der Waals surface area contributed by atoms with E-state index in [4.69, 9.17) is 9.47 Å². The number of anilines is 1. The van der Waals surface area contributed by atoms with Crippen LogP contribution in [0.5, 0.6) is 5.75 Å². The lowest BCUT2D eigenvalue weighted by atomic mass is 9.78. The van der Waals surface area contributed by atoms with Gasteiger partial charge in [0.15, 0.2) is 6.61 Å². The maximum atomic E-state index is 13.2. The minimum atomic E-state index is -0.786. The zero-order valence-electron chi connectivity index (χ0n) is 20.7. The van der Waals surface area contributed by atoms with Crippen LogP contribution in [-0.4, -0.2) is 43.8 Å². The van der Waals surface area contributed by atoms with Gasteiger partial charge in [-0.05, 0) is 60.4 Å². The number of nitrogens with one attached hydrogen (secondary N) is 1. The van der Waals surface area contributed by atoms with E-state index in [0.717, 1.165) is 11.3 Å². The lowest BCUT2D eigenvalue weighted by molar-refractivity contribution is -0.131. The van der Waals surface area contributed by atoms with Gasteiger partial charge >= 0.3 is 0 Å². The fourth-order valence-electron chi connectivity index (χ4n) is 4.53. The molecule has 8 heteroatoms. The Hall–Kier alpha value is -3.75. The highest BCUT2D eigenvalue weighted by atomic mass is 19.1. The normalized spacial score (nSPS) is 17.7. The summed E-state index contributed by atoms with van der Waals surface area (Å²) in [5.74, 6) is -0.362. The minimum absolute atomic E-state index is 0.00411. The Labute approximate surface area is 215 Å². The van der Waals surface area contributed by atoms with E-state index >= 15 is 0 Å². The molecule has 3 unspecified atom stereocenters. The molecular weight excluding hydrogens is 475 g/mol. The molecule has 0 aliphatic carbocycles. The van der Waals surface area contributed by atoms with Crippen LogP contribution in [0.25, 0.3) is 0 Å². The SMILES string of the molecule is COCCNC(=O)COc1ccc(C2C(CCC(O)c3ccc(F)cc3)C(=O)N2c2ccccc2)cc1. The molecule has 1 aliphatic heterocycles. The second-order valence-electron chi connectivity index (χ2n) is 8.94. The van der Waals surface area contributed by atoms with Crippen molar-refractivity contribution in [1.29, 1.82) is 0 Å². The number of ether oxygens (including phenoxy) is 2. The number of aliphatic hydroxyl groups is 1. The average molecular weight is 507 g/mol. The van der Waals surface area contributed by atoms with Gasteiger partial charge in [-0.25, -0.2) is 4.39 Å². The van der Waals surface area contributed by atoms with Gasteiger partial charge in [-0.3, -0.25) is 9.59 Å². The van der Waals surface area contributed by atoms with Crippen LogP contribution in [0.4, 0.5) is 10.1 Å². The predicted molar refractivity (Wildman–Crippen MR) is 138 cm³/mol. The fraction of sp³-hybridized carbons (Fsp3) is 0.310. The number of carbonyl (C=O) groups excluding carboxylic acids is 2. The summed E-state index contributed by atoms with van der Waals surface area (Å²) in [5.41, 5.74) is 2.36. The first-order valence-corrected chi connectivity index (χ1v) is 12.3. The van der Waals surface area contributed by atoms with Crippen LogP contribution in [0.1, 0.15) is 36.1 Å². The highest BCUT2D eigenvalue weighted by Gasteiger charge is 2.48. The molecule has 3 atom stereocenters. The molecule has 0 saturated carbocycles. The lowest BCUT2D eigenvalue weighted by Crippen LogP contribution is -2.55. The van der Waals surface area contributed by atoms with E-state index in [9.17, 15) is 19.1 Å². The summed E-state index contributed by atoms with van der Waals surface area (Å²) in [4.78, 5) is 26.9. The van der Waals surface area contributed by atoms with Crippen molar-refractivity contribution in [3.63, 3.8) is 0 Å². The molecule has 1 saturated heterocycles. The van der Waals surface area contributed by atoms with Gasteiger partial charge in [0, 0.05) is 19.3 Å². The Bertz CT molecular complexity index is 1170. The first-order chi connectivity index (χ1) is 18.0. The topological polar surface area (TPSA) is 88.1 Å². The number of carbonyl (C=O) groups is 2. The second kappa shape index (κ2) is 12.5. The number of para-hydroxylation sites is 1. The van der Waals surface area contributed by atoms with Gasteiger partial charge in [-0.15, -0.1) is 0 Å². The maximum absolute atomic E-state index is 13.2. The molecule has 3 aromatic carbocycles. The highest BCUT2D eigenvalue weighted by Crippen LogP contribution is 2.46. The Morgan fingerprint density at radius 3 is 2.43 bits per heavy atom. The molecule has 0 aromatic heterocycles. The molecule has 1 fully saturated rings. The third kappa shape index (κ3) is 6.53. The Morgan fingerprint density at radius 1 is 1.05 bits per heavy atom. The molecule has 2 amide bonds. The maximum Gasteiger partial charge on any atom is 0.258 e. The summed E-state index contributed by atoms with van der Waals surface area (Å²) in [6, 6.07) is 22.4. The zero-order valence-corrected chi connectivity index (χ0v) is 20.7. The molecule has 3 aromatic rings. The van der Waals surface area contributed by atoms with Gasteiger partial charge in [-0.2, -0.15) is 0 Å². The van der Waals surface area contributed by atoms with Crippen LogP contribution in [-0.2, 0) is 14.3 Å². The summed E-state index contributed by atoms with van der Waals surface area (Å²) in [6.45, 7) is 0.742. The number of benzene rings is 3. The summed E-state index contributed by atoms with van der Waals surface area (Å²) in [7, 11) is 1.57. The van der Waals surface area contributed by atoms with Gasteiger partial charge in [0.1, 0.15) is 11.6 Å². The Kier molecular flexibility index (Phi) is 8.87. The molecule has 1 aliphatic rings. The van der Waals surface area contributed by atoms with Crippen molar-refractivity contribution in [2.75, 3.05) is 31.8 Å². The molecule has 37 heavy (non-hydrogen) atoms. The van der Waals surface area contributed by atoms with Crippen LogP contribution in [0.2, 0.25) is 0 Å². The third-order valence-electron chi connectivity index (χ3n) is 6.47. The zero-order chi connectivity index (χ0) is 26.2. The highest BCUT2D eigenvalue weighted by molar-refractivity contribution is 6.03. The largest absolute Gasteiger partial charge is 0.484 e. The van der Waals surface area contributed by atoms with Crippen LogP contribution >= 0.6 is 0 Å². The van der Waals surface area contributed by atoms with E-state index in [1.165, 1.54) is 12.1 Å². The number of amides is 2. The molecule has 7 nitrogen and oxygen atoms in total. The average Bonchev–Trinajstić information content (AvgIpc) is 2.92. The summed E-state index contributed by atoms with van der Waals surface area (Å²) >= 11 is 0. The molecule has 0 spiro atoms. The number of nitrogens with zero attached hydrogens (tertiary/aromatic N) is 1. The van der Waals surface area contributed by atoms with Crippen molar-refractivity contribution in [2.24, 2.45) is 5.92 Å². The predicted octanol–water partition coefficient (Wildman–Crippen LogP) is 4.19. The molecule has 0 bridgehead atoms. The number of hydrogen-bond acceptors (Lipinski definition) is 5. The number of methoxy groups -OCH3 is 1.